The van der Waals surface area contributed by atoms with E-state index in [2.05, 4.69) is 0 Å². The van der Waals surface area contributed by atoms with E-state index >= 15 is 0 Å². The Morgan fingerprint density at radius 1 is 1.03 bits per heavy atom. The van der Waals surface area contributed by atoms with Crippen molar-refractivity contribution in [2.75, 3.05) is 17.8 Å². The third kappa shape index (κ3) is 5.07. The summed E-state index contributed by atoms with van der Waals surface area (Å²) in [7, 11) is -2.34. The minimum atomic E-state index is -3.84. The van der Waals surface area contributed by atoms with Crippen molar-refractivity contribution in [1.82, 2.24) is 4.98 Å². The normalized spacial score (nSPS) is 11.5. The Bertz CT molecular complexity index is 1400. The number of hydrogen-bond acceptors (Lipinski definition) is 6. The molecule has 1 amide bonds. The molecule has 0 bridgehead atoms. The van der Waals surface area contributed by atoms with Gasteiger partial charge in [0.25, 0.3) is 0 Å². The van der Waals surface area contributed by atoms with Crippen molar-refractivity contribution in [3.05, 3.63) is 83.4 Å². The topological polar surface area (TPSA) is 76.6 Å². The largest absolute Gasteiger partial charge is 0.497 e. The summed E-state index contributed by atoms with van der Waals surface area (Å²) in [6.07, 6.45) is 0. The molecule has 0 N–H and O–H groups in total. The van der Waals surface area contributed by atoms with Crippen molar-refractivity contribution in [1.29, 1.82) is 0 Å². The molecule has 0 spiro atoms. The summed E-state index contributed by atoms with van der Waals surface area (Å²) in [5, 5.41) is 0.484. The number of anilines is 1. The predicted octanol–water partition coefficient (Wildman–Crippen LogP) is 4.93. The van der Waals surface area contributed by atoms with Crippen LogP contribution in [0.3, 0.4) is 0 Å². The second-order valence-electron chi connectivity index (χ2n) is 7.83. The monoisotopic (exact) mass is 480 g/mol. The number of aromatic nitrogens is 1. The highest BCUT2D eigenvalue weighted by Gasteiger charge is 2.27. The first-order valence-corrected chi connectivity index (χ1v) is 12.8. The highest BCUT2D eigenvalue weighted by Crippen LogP contribution is 2.33. The quantitative estimate of drug-likeness (QED) is 0.375. The standard InChI is InChI=1S/C25H24N2O4S2/c1-17-13-18(2)24-22(14-17)32-25(26-24)27(15-19-7-5-4-6-8-19)23(28)16-33(29,30)21-11-9-20(31-3)10-12-21/h4-14H,15-16H2,1-3H3. The number of thiazole rings is 1. The van der Waals surface area contributed by atoms with E-state index in [0.29, 0.717) is 10.9 Å². The van der Waals surface area contributed by atoms with E-state index in [9.17, 15) is 13.2 Å². The molecule has 4 aromatic rings. The summed E-state index contributed by atoms with van der Waals surface area (Å²) in [4.78, 5) is 19.6. The minimum Gasteiger partial charge on any atom is -0.497 e. The van der Waals surface area contributed by atoms with Gasteiger partial charge in [0.2, 0.25) is 5.91 Å². The molecule has 170 valence electrons. The van der Waals surface area contributed by atoms with Crippen LogP contribution in [0, 0.1) is 13.8 Å². The molecule has 0 fully saturated rings. The molecule has 8 heteroatoms. The van der Waals surface area contributed by atoms with Gasteiger partial charge in [0, 0.05) is 0 Å². The van der Waals surface area contributed by atoms with E-state index in [1.54, 1.807) is 12.1 Å². The maximum atomic E-state index is 13.4. The van der Waals surface area contributed by atoms with Gasteiger partial charge in [-0.05, 0) is 60.9 Å². The van der Waals surface area contributed by atoms with Gasteiger partial charge in [-0.1, -0.05) is 47.7 Å². The summed E-state index contributed by atoms with van der Waals surface area (Å²) in [6.45, 7) is 4.23. The van der Waals surface area contributed by atoms with E-state index < -0.39 is 21.5 Å². The Kier molecular flexibility index (Phi) is 6.49. The molecule has 0 radical (unpaired) electrons. The lowest BCUT2D eigenvalue weighted by molar-refractivity contribution is -0.116. The highest BCUT2D eigenvalue weighted by molar-refractivity contribution is 7.92. The fourth-order valence-corrected chi connectivity index (χ4v) is 5.97. The van der Waals surface area contributed by atoms with Crippen LogP contribution in [0.5, 0.6) is 5.75 Å². The molecule has 0 unspecified atom stereocenters. The number of hydrogen-bond donors (Lipinski definition) is 0. The van der Waals surface area contributed by atoms with Crippen molar-refractivity contribution >= 4 is 42.4 Å². The first-order chi connectivity index (χ1) is 15.8. The third-order valence-corrected chi connectivity index (χ3v) is 7.91. The number of sulfone groups is 1. The lowest BCUT2D eigenvalue weighted by atomic mass is 10.1. The fourth-order valence-electron chi connectivity index (χ4n) is 3.61. The van der Waals surface area contributed by atoms with E-state index in [-0.39, 0.29) is 11.4 Å². The molecule has 4 rings (SSSR count). The van der Waals surface area contributed by atoms with E-state index in [0.717, 1.165) is 26.9 Å². The molecule has 0 saturated carbocycles. The number of amides is 1. The second-order valence-corrected chi connectivity index (χ2v) is 10.8. The summed E-state index contributed by atoms with van der Waals surface area (Å²) in [5.74, 6) is -0.630. The molecular formula is C25H24N2O4S2. The van der Waals surface area contributed by atoms with Gasteiger partial charge in [0.1, 0.15) is 11.5 Å². The molecule has 0 aliphatic carbocycles. The first kappa shape index (κ1) is 22.9. The van der Waals surface area contributed by atoms with Crippen molar-refractivity contribution in [2.45, 2.75) is 25.3 Å². The number of aryl methyl sites for hydroxylation is 2. The number of ether oxygens (including phenoxy) is 1. The van der Waals surface area contributed by atoms with Crippen LogP contribution in [0.15, 0.2) is 71.6 Å². The Labute approximate surface area is 197 Å². The maximum Gasteiger partial charge on any atom is 0.244 e. The second kappa shape index (κ2) is 9.33. The number of carbonyl (C=O) groups is 1. The van der Waals surface area contributed by atoms with Crippen LogP contribution in [-0.2, 0) is 21.2 Å². The van der Waals surface area contributed by atoms with Crippen molar-refractivity contribution in [3.63, 3.8) is 0 Å². The molecule has 6 nitrogen and oxygen atoms in total. The fraction of sp³-hybridized carbons (Fsp3) is 0.200. The van der Waals surface area contributed by atoms with Gasteiger partial charge in [0.15, 0.2) is 15.0 Å². The van der Waals surface area contributed by atoms with E-state index in [1.807, 2.05) is 56.3 Å². The van der Waals surface area contributed by atoms with Crippen molar-refractivity contribution < 1.29 is 17.9 Å². The molecular weight excluding hydrogens is 456 g/mol. The number of rotatable bonds is 7. The summed E-state index contributed by atoms with van der Waals surface area (Å²) in [6, 6.07) is 19.6. The van der Waals surface area contributed by atoms with Gasteiger partial charge in [-0.3, -0.25) is 9.69 Å². The van der Waals surface area contributed by atoms with Gasteiger partial charge < -0.3 is 4.74 Å². The van der Waals surface area contributed by atoms with Gasteiger partial charge in [-0.2, -0.15) is 0 Å². The molecule has 1 aromatic heterocycles. The van der Waals surface area contributed by atoms with E-state index in [1.165, 1.54) is 35.5 Å². The Morgan fingerprint density at radius 3 is 2.39 bits per heavy atom. The number of carbonyl (C=O) groups excluding carboxylic acids is 1. The van der Waals surface area contributed by atoms with Crippen LogP contribution < -0.4 is 9.64 Å². The number of fused-ring (bicyclic) bond motifs is 1. The Morgan fingerprint density at radius 2 is 1.73 bits per heavy atom. The van der Waals surface area contributed by atoms with Crippen LogP contribution in [0.1, 0.15) is 16.7 Å². The predicted molar refractivity (Wildman–Crippen MR) is 132 cm³/mol. The Hall–Kier alpha value is -3.23. The molecule has 33 heavy (non-hydrogen) atoms. The minimum absolute atomic E-state index is 0.0760. The average Bonchev–Trinajstić information content (AvgIpc) is 3.22. The van der Waals surface area contributed by atoms with Gasteiger partial charge >= 0.3 is 0 Å². The van der Waals surface area contributed by atoms with Crippen molar-refractivity contribution in [2.24, 2.45) is 0 Å². The van der Waals surface area contributed by atoms with Gasteiger partial charge in [-0.25, -0.2) is 13.4 Å². The average molecular weight is 481 g/mol. The Balaban J connectivity index is 1.70. The third-order valence-electron chi connectivity index (χ3n) is 5.27. The molecule has 0 saturated heterocycles. The number of nitrogens with zero attached hydrogens (tertiary/aromatic N) is 2. The van der Waals surface area contributed by atoms with Crippen LogP contribution in [0.4, 0.5) is 5.13 Å². The van der Waals surface area contributed by atoms with Gasteiger partial charge in [0.05, 0.1) is 28.8 Å². The SMILES string of the molecule is COc1ccc(S(=O)(=O)CC(=O)N(Cc2ccccc2)c2nc3c(C)cc(C)cc3s2)cc1. The zero-order chi connectivity index (χ0) is 23.6. The molecule has 0 atom stereocenters. The lowest BCUT2D eigenvalue weighted by Crippen LogP contribution is -2.35. The smallest absolute Gasteiger partial charge is 0.244 e. The number of methoxy groups -OCH3 is 1. The van der Waals surface area contributed by atoms with Crippen LogP contribution in [0.2, 0.25) is 0 Å². The zero-order valence-corrected chi connectivity index (χ0v) is 20.2. The molecule has 3 aromatic carbocycles. The van der Waals surface area contributed by atoms with Crippen LogP contribution >= 0.6 is 11.3 Å². The molecule has 1 heterocycles. The molecule has 0 aliphatic heterocycles. The maximum absolute atomic E-state index is 13.4. The summed E-state index contributed by atoms with van der Waals surface area (Å²) in [5.41, 5.74) is 3.84. The first-order valence-electron chi connectivity index (χ1n) is 10.4. The van der Waals surface area contributed by atoms with Gasteiger partial charge in [-0.15, -0.1) is 0 Å². The highest BCUT2D eigenvalue weighted by atomic mass is 32.2. The van der Waals surface area contributed by atoms with Crippen molar-refractivity contribution in [3.8, 4) is 5.75 Å². The summed E-state index contributed by atoms with van der Waals surface area (Å²) >= 11 is 1.39. The van der Waals surface area contributed by atoms with Crippen LogP contribution in [0.25, 0.3) is 10.2 Å². The summed E-state index contributed by atoms with van der Waals surface area (Å²) < 4.78 is 32.1. The lowest BCUT2D eigenvalue weighted by Gasteiger charge is -2.20. The van der Waals surface area contributed by atoms with E-state index in [4.69, 9.17) is 9.72 Å². The number of benzene rings is 3. The van der Waals surface area contributed by atoms with Crippen LogP contribution in [-0.4, -0.2) is 32.2 Å². The molecule has 0 aliphatic rings. The zero-order valence-electron chi connectivity index (χ0n) is 18.6.